The van der Waals surface area contributed by atoms with Crippen LogP contribution in [0.15, 0.2) is 46.0 Å². The second-order valence-corrected chi connectivity index (χ2v) is 7.98. The summed E-state index contributed by atoms with van der Waals surface area (Å²) >= 11 is 0. The number of hydrogen-bond acceptors (Lipinski definition) is 4. The van der Waals surface area contributed by atoms with E-state index in [2.05, 4.69) is 0 Å². The first-order valence-electron chi connectivity index (χ1n) is 10.3. The number of fused-ring (bicyclic) bond motifs is 1. The SMILES string of the molecule is O=C(c1cc(Cn2c(=O)[nH]c(=O)c3c(F)cccc32)ccc1F)N1CCN(CC(F)(F)F)CC1. The van der Waals surface area contributed by atoms with Crippen LogP contribution in [0.25, 0.3) is 10.9 Å². The molecule has 1 fully saturated rings. The molecule has 0 spiro atoms. The summed E-state index contributed by atoms with van der Waals surface area (Å²) in [7, 11) is 0. The third-order valence-electron chi connectivity index (χ3n) is 5.64. The highest BCUT2D eigenvalue weighted by atomic mass is 19.4. The number of nitrogens with zero attached hydrogens (tertiary/aromatic N) is 3. The van der Waals surface area contributed by atoms with Gasteiger partial charge in [0.2, 0.25) is 0 Å². The fourth-order valence-electron chi connectivity index (χ4n) is 4.01. The van der Waals surface area contributed by atoms with Crippen LogP contribution in [0.3, 0.4) is 0 Å². The number of carbonyl (C=O) groups is 1. The van der Waals surface area contributed by atoms with Crippen molar-refractivity contribution < 1.29 is 26.7 Å². The van der Waals surface area contributed by atoms with Crippen molar-refractivity contribution in [3.63, 3.8) is 0 Å². The average Bonchev–Trinajstić information content (AvgIpc) is 2.76. The Balaban J connectivity index is 1.58. The van der Waals surface area contributed by atoms with Gasteiger partial charge in [-0.25, -0.2) is 13.6 Å². The van der Waals surface area contributed by atoms with E-state index in [4.69, 9.17) is 0 Å². The first kappa shape index (κ1) is 23.6. The lowest BCUT2D eigenvalue weighted by Crippen LogP contribution is -2.51. The third kappa shape index (κ3) is 4.86. The topological polar surface area (TPSA) is 78.4 Å². The fourth-order valence-corrected chi connectivity index (χ4v) is 4.01. The van der Waals surface area contributed by atoms with Crippen LogP contribution in [0.4, 0.5) is 22.0 Å². The zero-order valence-electron chi connectivity index (χ0n) is 17.7. The molecule has 180 valence electrons. The Labute approximate surface area is 189 Å². The zero-order valence-corrected chi connectivity index (χ0v) is 17.7. The number of rotatable bonds is 4. The summed E-state index contributed by atoms with van der Waals surface area (Å²) in [6.07, 6.45) is -4.35. The van der Waals surface area contributed by atoms with Crippen molar-refractivity contribution in [1.82, 2.24) is 19.4 Å². The van der Waals surface area contributed by atoms with Gasteiger partial charge in [-0.05, 0) is 29.8 Å². The Kier molecular flexibility index (Phi) is 6.26. The zero-order chi connectivity index (χ0) is 24.6. The van der Waals surface area contributed by atoms with Crippen molar-refractivity contribution in [1.29, 1.82) is 0 Å². The van der Waals surface area contributed by atoms with Gasteiger partial charge in [0.05, 0.1) is 29.6 Å². The van der Waals surface area contributed by atoms with Crippen LogP contribution in [0, 0.1) is 11.6 Å². The van der Waals surface area contributed by atoms with Crippen molar-refractivity contribution in [3.05, 3.63) is 80.0 Å². The van der Waals surface area contributed by atoms with Crippen LogP contribution in [0.5, 0.6) is 0 Å². The molecule has 1 aliphatic rings. The normalized spacial score (nSPS) is 15.1. The van der Waals surface area contributed by atoms with Crippen molar-refractivity contribution in [2.24, 2.45) is 0 Å². The summed E-state index contributed by atoms with van der Waals surface area (Å²) in [4.78, 5) is 41.7. The van der Waals surface area contributed by atoms with Crippen molar-refractivity contribution in [2.45, 2.75) is 12.7 Å². The number of hydrogen-bond donors (Lipinski definition) is 1. The Bertz CT molecular complexity index is 1360. The Morgan fingerprint density at radius 1 is 0.971 bits per heavy atom. The van der Waals surface area contributed by atoms with E-state index in [0.717, 1.165) is 16.7 Å². The molecule has 0 radical (unpaired) electrons. The Hall–Kier alpha value is -3.54. The van der Waals surface area contributed by atoms with Crippen LogP contribution >= 0.6 is 0 Å². The Morgan fingerprint density at radius 3 is 2.35 bits per heavy atom. The van der Waals surface area contributed by atoms with E-state index in [1.54, 1.807) is 0 Å². The van der Waals surface area contributed by atoms with Gasteiger partial charge in [-0.1, -0.05) is 12.1 Å². The maximum Gasteiger partial charge on any atom is 0.401 e. The molecule has 0 aliphatic carbocycles. The quantitative estimate of drug-likeness (QED) is 0.580. The molecule has 1 N–H and O–H groups in total. The molecule has 1 amide bonds. The van der Waals surface area contributed by atoms with Gasteiger partial charge in [0, 0.05) is 26.2 Å². The first-order valence-corrected chi connectivity index (χ1v) is 10.3. The van der Waals surface area contributed by atoms with Gasteiger partial charge in [0.1, 0.15) is 11.6 Å². The average molecular weight is 482 g/mol. The fraction of sp³-hybridized carbons (Fsp3) is 0.318. The lowest BCUT2D eigenvalue weighted by molar-refractivity contribution is -0.148. The molecule has 0 unspecified atom stereocenters. The van der Waals surface area contributed by atoms with E-state index >= 15 is 0 Å². The molecule has 1 aromatic heterocycles. The van der Waals surface area contributed by atoms with Gasteiger partial charge in [0.15, 0.2) is 0 Å². The van der Waals surface area contributed by atoms with Crippen LogP contribution < -0.4 is 11.2 Å². The molecule has 2 aromatic carbocycles. The molecular formula is C22H19F5N4O3. The summed E-state index contributed by atoms with van der Waals surface area (Å²) in [6.45, 7) is -1.27. The maximum absolute atomic E-state index is 14.5. The van der Waals surface area contributed by atoms with Crippen molar-refractivity contribution in [2.75, 3.05) is 32.7 Å². The van der Waals surface area contributed by atoms with Gasteiger partial charge in [-0.15, -0.1) is 0 Å². The minimum Gasteiger partial charge on any atom is -0.336 e. The number of aromatic amines is 1. The van der Waals surface area contributed by atoms with Crippen molar-refractivity contribution in [3.8, 4) is 0 Å². The van der Waals surface area contributed by atoms with E-state index in [9.17, 15) is 36.3 Å². The van der Waals surface area contributed by atoms with E-state index in [-0.39, 0.29) is 49.2 Å². The molecule has 34 heavy (non-hydrogen) atoms. The van der Waals surface area contributed by atoms with Gasteiger partial charge in [-0.2, -0.15) is 13.2 Å². The molecule has 0 saturated carbocycles. The summed E-state index contributed by atoms with van der Waals surface area (Å²) in [5.74, 6) is -2.32. The van der Waals surface area contributed by atoms with Crippen LogP contribution in [0.2, 0.25) is 0 Å². The number of halogens is 5. The van der Waals surface area contributed by atoms with E-state index in [0.29, 0.717) is 5.56 Å². The van der Waals surface area contributed by atoms with Gasteiger partial charge >= 0.3 is 11.9 Å². The van der Waals surface area contributed by atoms with Crippen LogP contribution in [-0.4, -0.2) is 64.2 Å². The van der Waals surface area contributed by atoms with Crippen LogP contribution in [-0.2, 0) is 6.54 Å². The lowest BCUT2D eigenvalue weighted by atomic mass is 10.1. The summed E-state index contributed by atoms with van der Waals surface area (Å²) in [6, 6.07) is 7.44. The molecule has 0 atom stereocenters. The predicted molar refractivity (Wildman–Crippen MR) is 113 cm³/mol. The monoisotopic (exact) mass is 482 g/mol. The number of carbonyl (C=O) groups excluding carboxylic acids is 1. The van der Waals surface area contributed by atoms with E-state index in [1.165, 1.54) is 34.1 Å². The number of benzene rings is 2. The summed E-state index contributed by atoms with van der Waals surface area (Å²) < 4.78 is 67.4. The number of aromatic nitrogens is 2. The maximum atomic E-state index is 14.5. The molecule has 4 rings (SSSR count). The van der Waals surface area contributed by atoms with Gasteiger partial charge in [0.25, 0.3) is 11.5 Å². The highest BCUT2D eigenvalue weighted by Crippen LogP contribution is 2.20. The number of alkyl halides is 3. The third-order valence-corrected chi connectivity index (χ3v) is 5.64. The predicted octanol–water partition coefficient (Wildman–Crippen LogP) is 2.34. The van der Waals surface area contributed by atoms with E-state index in [1.807, 2.05) is 4.98 Å². The molecule has 2 heterocycles. The highest BCUT2D eigenvalue weighted by Gasteiger charge is 2.33. The number of piperazine rings is 1. The second-order valence-electron chi connectivity index (χ2n) is 7.98. The van der Waals surface area contributed by atoms with E-state index < -0.39 is 41.5 Å². The van der Waals surface area contributed by atoms with Gasteiger partial charge < -0.3 is 4.90 Å². The first-order chi connectivity index (χ1) is 16.0. The number of amides is 1. The summed E-state index contributed by atoms with van der Waals surface area (Å²) in [5.41, 5.74) is -1.61. The highest BCUT2D eigenvalue weighted by molar-refractivity contribution is 5.94. The van der Waals surface area contributed by atoms with Crippen molar-refractivity contribution >= 4 is 16.8 Å². The molecule has 1 saturated heterocycles. The standard InChI is InChI=1S/C22H19F5N4O3/c23-15-5-4-13(11-31-17-3-1-2-16(24)18(17)19(32)28-21(31)34)10-14(15)20(33)30-8-6-29(7-9-30)12-22(25,26)27/h1-5,10H,6-9,11-12H2,(H,28,32,34). The number of nitrogens with one attached hydrogen (secondary N) is 1. The summed E-state index contributed by atoms with van der Waals surface area (Å²) in [5, 5.41) is -0.308. The molecular weight excluding hydrogens is 463 g/mol. The molecule has 3 aromatic rings. The van der Waals surface area contributed by atoms with Crippen LogP contribution in [0.1, 0.15) is 15.9 Å². The second kappa shape index (κ2) is 9.01. The molecule has 0 bridgehead atoms. The Morgan fingerprint density at radius 2 is 1.68 bits per heavy atom. The molecule has 7 nitrogen and oxygen atoms in total. The number of H-pyrrole nitrogens is 1. The largest absolute Gasteiger partial charge is 0.401 e. The lowest BCUT2D eigenvalue weighted by Gasteiger charge is -2.35. The minimum atomic E-state index is -4.35. The minimum absolute atomic E-state index is 0.00186. The smallest absolute Gasteiger partial charge is 0.336 e. The molecule has 1 aliphatic heterocycles. The van der Waals surface area contributed by atoms with Gasteiger partial charge in [-0.3, -0.25) is 24.0 Å². The molecule has 12 heteroatoms.